The van der Waals surface area contributed by atoms with E-state index in [0.29, 0.717) is 17.4 Å². The quantitative estimate of drug-likeness (QED) is 0.729. The molecule has 1 heterocycles. The molecule has 1 aliphatic rings. The Balaban J connectivity index is 0.00000169. The number of rotatable bonds is 4. The predicted molar refractivity (Wildman–Crippen MR) is 62.9 cm³/mol. The Kier molecular flexibility index (Phi) is 6.62. The van der Waals surface area contributed by atoms with Gasteiger partial charge >= 0.3 is 0 Å². The molecule has 1 rings (SSSR count). The van der Waals surface area contributed by atoms with Gasteiger partial charge in [-0.05, 0) is 26.2 Å². The van der Waals surface area contributed by atoms with Gasteiger partial charge in [-0.2, -0.15) is 0 Å². The third-order valence-electron chi connectivity index (χ3n) is 2.45. The van der Waals surface area contributed by atoms with Gasteiger partial charge in [-0.15, -0.1) is 0 Å². The van der Waals surface area contributed by atoms with Gasteiger partial charge in [0, 0.05) is 11.2 Å². The van der Waals surface area contributed by atoms with Crippen molar-refractivity contribution in [1.82, 2.24) is 0 Å². The molecule has 1 aliphatic heterocycles. The van der Waals surface area contributed by atoms with Crippen molar-refractivity contribution in [3.05, 3.63) is 0 Å². The summed E-state index contributed by atoms with van der Waals surface area (Å²) in [5.74, 6) is 0.230. The molecule has 2 nitrogen and oxygen atoms in total. The first-order chi connectivity index (χ1) is 6.13. The summed E-state index contributed by atoms with van der Waals surface area (Å²) in [6.07, 6.45) is 4.27. The lowest BCUT2D eigenvalue weighted by atomic mass is 10.1. The van der Waals surface area contributed by atoms with Crippen LogP contribution in [0.4, 0.5) is 0 Å². The molecule has 0 spiro atoms. The minimum absolute atomic E-state index is 0. The number of hydrogen-bond donors (Lipinski definition) is 0. The maximum atomic E-state index is 10.9. The Morgan fingerprint density at radius 1 is 1.57 bits per heavy atom. The predicted octanol–water partition coefficient (Wildman–Crippen LogP) is 3.32. The fraction of sp³-hybridized carbons (Fsp3) is 0.909. The highest BCUT2D eigenvalue weighted by Crippen LogP contribution is 2.28. The fourth-order valence-corrected chi connectivity index (χ4v) is 2.12. The molecule has 1 fully saturated rings. The van der Waals surface area contributed by atoms with Crippen LogP contribution in [0.3, 0.4) is 0 Å². The first kappa shape index (κ1) is 14.1. The molecular formula is C11H21BrO2. The van der Waals surface area contributed by atoms with Crippen LogP contribution >= 0.6 is 15.9 Å². The number of halogens is 1. The van der Waals surface area contributed by atoms with Crippen molar-refractivity contribution in [3.63, 3.8) is 0 Å². The third kappa shape index (κ3) is 4.09. The second-order valence-corrected chi connectivity index (χ2v) is 4.88. The lowest BCUT2D eigenvalue weighted by Crippen LogP contribution is -2.21. The van der Waals surface area contributed by atoms with Crippen LogP contribution in [0, 0.1) is 0 Å². The maximum absolute atomic E-state index is 10.9. The van der Waals surface area contributed by atoms with Gasteiger partial charge in [-0.25, -0.2) is 0 Å². The average Bonchev–Trinajstić information content (AvgIpc) is 2.50. The summed E-state index contributed by atoms with van der Waals surface area (Å²) in [7, 11) is 0. The van der Waals surface area contributed by atoms with Gasteiger partial charge in [0.15, 0.2) is 0 Å². The monoisotopic (exact) mass is 264 g/mol. The number of carbonyl (C=O) groups excluding carboxylic acids is 1. The average molecular weight is 265 g/mol. The topological polar surface area (TPSA) is 26.3 Å². The molecule has 0 aromatic carbocycles. The van der Waals surface area contributed by atoms with E-state index in [2.05, 4.69) is 22.9 Å². The van der Waals surface area contributed by atoms with E-state index in [-0.39, 0.29) is 19.3 Å². The van der Waals surface area contributed by atoms with Crippen molar-refractivity contribution in [2.24, 2.45) is 0 Å². The zero-order chi connectivity index (χ0) is 9.84. The Labute approximate surface area is 95.5 Å². The van der Waals surface area contributed by atoms with Gasteiger partial charge in [0.25, 0.3) is 0 Å². The van der Waals surface area contributed by atoms with Crippen LogP contribution in [0.2, 0.25) is 0 Å². The number of hydrogen-bond acceptors (Lipinski definition) is 2. The Hall–Kier alpha value is 0.110. The van der Waals surface area contributed by atoms with Crippen LogP contribution in [-0.2, 0) is 9.53 Å². The molecule has 3 heteroatoms. The summed E-state index contributed by atoms with van der Waals surface area (Å²) in [6, 6.07) is 0. The lowest BCUT2D eigenvalue weighted by Gasteiger charge is -2.16. The minimum Gasteiger partial charge on any atom is -0.373 e. The van der Waals surface area contributed by atoms with Gasteiger partial charge in [-0.1, -0.05) is 30.3 Å². The van der Waals surface area contributed by atoms with Gasteiger partial charge in [0.2, 0.25) is 0 Å². The molecule has 0 N–H and O–H groups in total. The molecule has 0 unspecified atom stereocenters. The van der Waals surface area contributed by atoms with Crippen molar-refractivity contribution in [3.8, 4) is 0 Å². The van der Waals surface area contributed by atoms with Crippen LogP contribution < -0.4 is 0 Å². The maximum Gasteiger partial charge on any atom is 0.132 e. The standard InChI is InChI=1S/C10H17BrO2.CH4/c1-3-9(11)10-5-4-8(13-10)6-7(2)12;/h8-10H,3-6H2,1-2H3;1H4/t8-,9+,10-;/m1./s1. The number of carbonyl (C=O) groups is 1. The molecular weight excluding hydrogens is 244 g/mol. The second-order valence-electron chi connectivity index (χ2n) is 3.70. The number of ether oxygens (including phenoxy) is 1. The number of alkyl halides is 1. The van der Waals surface area contributed by atoms with E-state index in [0.717, 1.165) is 19.3 Å². The molecule has 0 bridgehead atoms. The Morgan fingerprint density at radius 3 is 2.71 bits per heavy atom. The molecule has 0 radical (unpaired) electrons. The SMILES string of the molecule is C.CC[C@H](Br)[C@H]1CC[C@H](CC(C)=O)O1. The summed E-state index contributed by atoms with van der Waals surface area (Å²) < 4.78 is 5.76. The highest BCUT2D eigenvalue weighted by molar-refractivity contribution is 9.09. The van der Waals surface area contributed by atoms with Crippen molar-refractivity contribution in [1.29, 1.82) is 0 Å². The van der Waals surface area contributed by atoms with Gasteiger partial charge in [0.1, 0.15) is 5.78 Å². The van der Waals surface area contributed by atoms with E-state index in [1.165, 1.54) is 0 Å². The lowest BCUT2D eigenvalue weighted by molar-refractivity contribution is -0.119. The highest BCUT2D eigenvalue weighted by atomic mass is 79.9. The van der Waals surface area contributed by atoms with Crippen molar-refractivity contribution in [2.75, 3.05) is 0 Å². The van der Waals surface area contributed by atoms with Gasteiger partial charge < -0.3 is 4.74 Å². The summed E-state index contributed by atoms with van der Waals surface area (Å²) in [5.41, 5.74) is 0. The molecule has 0 aromatic rings. The van der Waals surface area contributed by atoms with Crippen LogP contribution in [0.5, 0.6) is 0 Å². The smallest absolute Gasteiger partial charge is 0.132 e. The summed E-state index contributed by atoms with van der Waals surface area (Å²) in [4.78, 5) is 11.3. The molecule has 84 valence electrons. The van der Waals surface area contributed by atoms with E-state index in [1.807, 2.05) is 0 Å². The van der Waals surface area contributed by atoms with Crippen molar-refractivity contribution >= 4 is 21.7 Å². The van der Waals surface area contributed by atoms with Crippen LogP contribution in [0.25, 0.3) is 0 Å². The van der Waals surface area contributed by atoms with E-state index in [9.17, 15) is 4.79 Å². The van der Waals surface area contributed by atoms with Crippen molar-refractivity contribution < 1.29 is 9.53 Å². The van der Waals surface area contributed by atoms with Crippen LogP contribution in [0.1, 0.15) is 47.0 Å². The Morgan fingerprint density at radius 2 is 2.21 bits per heavy atom. The minimum atomic E-state index is 0. The largest absolute Gasteiger partial charge is 0.373 e. The summed E-state index contributed by atoms with van der Waals surface area (Å²) in [6.45, 7) is 3.77. The molecule has 14 heavy (non-hydrogen) atoms. The third-order valence-corrected chi connectivity index (χ3v) is 3.69. The molecule has 3 atom stereocenters. The molecule has 0 aliphatic carbocycles. The van der Waals surface area contributed by atoms with E-state index in [1.54, 1.807) is 6.92 Å². The van der Waals surface area contributed by atoms with Gasteiger partial charge in [-0.3, -0.25) is 4.79 Å². The van der Waals surface area contributed by atoms with E-state index >= 15 is 0 Å². The molecule has 1 saturated heterocycles. The second kappa shape index (κ2) is 6.57. The fourth-order valence-electron chi connectivity index (χ4n) is 1.73. The highest BCUT2D eigenvalue weighted by Gasteiger charge is 2.29. The number of ketones is 1. The van der Waals surface area contributed by atoms with Crippen LogP contribution in [-0.4, -0.2) is 22.8 Å². The molecule has 0 amide bonds. The zero-order valence-corrected chi connectivity index (χ0v) is 9.84. The van der Waals surface area contributed by atoms with Crippen molar-refractivity contribution in [2.45, 2.75) is 64.0 Å². The first-order valence-corrected chi connectivity index (χ1v) is 5.84. The summed E-state index contributed by atoms with van der Waals surface area (Å²) >= 11 is 3.59. The Bertz CT molecular complexity index is 182. The van der Waals surface area contributed by atoms with E-state index < -0.39 is 0 Å². The molecule has 0 aromatic heterocycles. The molecule has 0 saturated carbocycles. The first-order valence-electron chi connectivity index (χ1n) is 4.92. The number of Topliss-reactive ketones (excluding diaryl/α,β-unsaturated/α-hetero) is 1. The van der Waals surface area contributed by atoms with E-state index in [4.69, 9.17) is 4.74 Å². The summed E-state index contributed by atoms with van der Waals surface area (Å²) in [5, 5.41) is 0. The van der Waals surface area contributed by atoms with Crippen LogP contribution in [0.15, 0.2) is 0 Å². The van der Waals surface area contributed by atoms with Gasteiger partial charge in [0.05, 0.1) is 12.2 Å². The normalized spacial score (nSPS) is 28.2. The zero-order valence-electron chi connectivity index (χ0n) is 8.25.